The van der Waals surface area contributed by atoms with Crippen molar-refractivity contribution in [2.24, 2.45) is 11.8 Å². The van der Waals surface area contributed by atoms with E-state index in [0.29, 0.717) is 18.0 Å². The maximum absolute atomic E-state index is 12.1. The summed E-state index contributed by atoms with van der Waals surface area (Å²) >= 11 is 0. The van der Waals surface area contributed by atoms with Crippen LogP contribution < -0.4 is 16.0 Å². The molecule has 1 aliphatic rings. The smallest absolute Gasteiger partial charge is 0.224 e. The molecule has 21 heavy (non-hydrogen) atoms. The summed E-state index contributed by atoms with van der Waals surface area (Å²) in [7, 11) is 0. The number of carbonyl (C=O) groups is 1. The first-order chi connectivity index (χ1) is 9.95. The monoisotopic (exact) mass is 289 g/mol. The Bertz CT molecular complexity index is 491. The predicted molar refractivity (Wildman–Crippen MR) is 89.6 cm³/mol. The normalized spacial score (nSPS) is 16.3. The summed E-state index contributed by atoms with van der Waals surface area (Å²) in [5.74, 6) is 1.20. The SMILES string of the molecule is CC(C)CC(=O)Nc1cc(N)ccc1N1CCC(C)CC1. The fourth-order valence-corrected chi connectivity index (χ4v) is 2.75. The van der Waals surface area contributed by atoms with Crippen LogP contribution in [0.5, 0.6) is 0 Å². The second-order valence-electron chi connectivity index (χ2n) is 6.59. The second kappa shape index (κ2) is 6.83. The number of nitrogens with two attached hydrogens (primary N) is 1. The lowest BCUT2D eigenvalue weighted by molar-refractivity contribution is -0.116. The lowest BCUT2D eigenvalue weighted by Gasteiger charge is -2.33. The van der Waals surface area contributed by atoms with E-state index in [1.54, 1.807) is 0 Å². The van der Waals surface area contributed by atoms with E-state index in [1.165, 1.54) is 12.8 Å². The van der Waals surface area contributed by atoms with Crippen molar-refractivity contribution in [3.05, 3.63) is 18.2 Å². The first kappa shape index (κ1) is 15.7. The van der Waals surface area contributed by atoms with Crippen molar-refractivity contribution < 1.29 is 4.79 Å². The third-order valence-corrected chi connectivity index (χ3v) is 4.01. The van der Waals surface area contributed by atoms with Crippen molar-refractivity contribution in [2.45, 2.75) is 40.0 Å². The summed E-state index contributed by atoms with van der Waals surface area (Å²) < 4.78 is 0. The fraction of sp³-hybridized carbons (Fsp3) is 0.588. The van der Waals surface area contributed by atoms with E-state index in [4.69, 9.17) is 5.73 Å². The Morgan fingerprint density at radius 1 is 1.38 bits per heavy atom. The van der Waals surface area contributed by atoms with E-state index < -0.39 is 0 Å². The van der Waals surface area contributed by atoms with Gasteiger partial charge in [-0.05, 0) is 42.9 Å². The van der Waals surface area contributed by atoms with Gasteiger partial charge in [-0.1, -0.05) is 20.8 Å². The zero-order valence-corrected chi connectivity index (χ0v) is 13.4. The van der Waals surface area contributed by atoms with Crippen molar-refractivity contribution in [3.8, 4) is 0 Å². The van der Waals surface area contributed by atoms with Gasteiger partial charge in [0, 0.05) is 25.2 Å². The first-order valence-electron chi connectivity index (χ1n) is 7.90. The molecular weight excluding hydrogens is 262 g/mol. The van der Waals surface area contributed by atoms with E-state index >= 15 is 0 Å². The van der Waals surface area contributed by atoms with Crippen LogP contribution in [-0.4, -0.2) is 19.0 Å². The van der Waals surface area contributed by atoms with Gasteiger partial charge >= 0.3 is 0 Å². The highest BCUT2D eigenvalue weighted by atomic mass is 16.1. The second-order valence-corrected chi connectivity index (χ2v) is 6.59. The third kappa shape index (κ3) is 4.38. The standard InChI is InChI=1S/C17H27N3O/c1-12(2)10-17(21)19-15-11-14(18)4-5-16(15)20-8-6-13(3)7-9-20/h4-5,11-13H,6-10,18H2,1-3H3,(H,19,21). The molecule has 1 fully saturated rings. The van der Waals surface area contributed by atoms with Crippen molar-refractivity contribution in [1.82, 2.24) is 0 Å². The Kier molecular flexibility index (Phi) is 5.10. The van der Waals surface area contributed by atoms with Gasteiger partial charge in [-0.15, -0.1) is 0 Å². The average molecular weight is 289 g/mol. The lowest BCUT2D eigenvalue weighted by Crippen LogP contribution is -2.33. The molecule has 1 aromatic rings. The zero-order valence-electron chi connectivity index (χ0n) is 13.4. The highest BCUT2D eigenvalue weighted by molar-refractivity contribution is 5.95. The van der Waals surface area contributed by atoms with E-state index in [9.17, 15) is 4.79 Å². The summed E-state index contributed by atoms with van der Waals surface area (Å²) in [5, 5.41) is 3.03. The molecular formula is C17H27N3O. The predicted octanol–water partition coefficient (Wildman–Crippen LogP) is 3.49. The van der Waals surface area contributed by atoms with Gasteiger partial charge in [0.25, 0.3) is 0 Å². The van der Waals surface area contributed by atoms with Crippen molar-refractivity contribution in [2.75, 3.05) is 29.0 Å². The number of amides is 1. The molecule has 2 rings (SSSR count). The van der Waals surface area contributed by atoms with Crippen LogP contribution in [0.15, 0.2) is 18.2 Å². The number of rotatable bonds is 4. The minimum absolute atomic E-state index is 0.0576. The average Bonchev–Trinajstić information content (AvgIpc) is 2.39. The van der Waals surface area contributed by atoms with Crippen molar-refractivity contribution >= 4 is 23.0 Å². The Labute approximate surface area is 127 Å². The van der Waals surface area contributed by atoms with Crippen LogP contribution in [0.1, 0.15) is 40.0 Å². The van der Waals surface area contributed by atoms with Crippen LogP contribution in [0.2, 0.25) is 0 Å². The molecule has 0 bridgehead atoms. The zero-order chi connectivity index (χ0) is 15.4. The number of hydrogen-bond acceptors (Lipinski definition) is 3. The highest BCUT2D eigenvalue weighted by Crippen LogP contribution is 2.31. The summed E-state index contributed by atoms with van der Waals surface area (Å²) in [6.07, 6.45) is 2.93. The van der Waals surface area contributed by atoms with E-state index in [0.717, 1.165) is 30.4 Å². The fourth-order valence-electron chi connectivity index (χ4n) is 2.75. The van der Waals surface area contributed by atoms with Crippen LogP contribution >= 0.6 is 0 Å². The largest absolute Gasteiger partial charge is 0.399 e. The minimum atomic E-state index is 0.0576. The van der Waals surface area contributed by atoms with E-state index in [-0.39, 0.29) is 5.91 Å². The number of hydrogen-bond donors (Lipinski definition) is 2. The molecule has 0 saturated carbocycles. The van der Waals surface area contributed by atoms with Crippen LogP contribution in [0.3, 0.4) is 0 Å². The molecule has 0 aromatic heterocycles. The molecule has 0 radical (unpaired) electrons. The number of piperidine rings is 1. The number of anilines is 3. The number of nitrogen functional groups attached to an aromatic ring is 1. The Hall–Kier alpha value is -1.71. The topological polar surface area (TPSA) is 58.4 Å². The van der Waals surface area contributed by atoms with Crippen LogP contribution in [0, 0.1) is 11.8 Å². The molecule has 1 aliphatic heterocycles. The van der Waals surface area contributed by atoms with Crippen LogP contribution in [0.25, 0.3) is 0 Å². The molecule has 1 aromatic carbocycles. The number of nitrogens with zero attached hydrogens (tertiary/aromatic N) is 1. The molecule has 0 spiro atoms. The number of benzene rings is 1. The molecule has 4 heteroatoms. The van der Waals surface area contributed by atoms with Gasteiger partial charge in [0.15, 0.2) is 0 Å². The van der Waals surface area contributed by atoms with Crippen molar-refractivity contribution in [3.63, 3.8) is 0 Å². The first-order valence-corrected chi connectivity index (χ1v) is 7.90. The molecule has 0 aliphatic carbocycles. The Morgan fingerprint density at radius 3 is 2.67 bits per heavy atom. The van der Waals surface area contributed by atoms with Crippen molar-refractivity contribution in [1.29, 1.82) is 0 Å². The molecule has 1 heterocycles. The summed E-state index contributed by atoms with van der Waals surface area (Å²) in [6.45, 7) is 8.47. The van der Waals surface area contributed by atoms with Gasteiger partial charge in [0.2, 0.25) is 5.91 Å². The summed E-state index contributed by atoms with van der Waals surface area (Å²) in [4.78, 5) is 14.4. The van der Waals surface area contributed by atoms with Gasteiger partial charge < -0.3 is 16.0 Å². The highest BCUT2D eigenvalue weighted by Gasteiger charge is 2.19. The molecule has 0 atom stereocenters. The maximum Gasteiger partial charge on any atom is 0.224 e. The number of nitrogens with one attached hydrogen (secondary N) is 1. The molecule has 3 N–H and O–H groups in total. The molecule has 116 valence electrons. The van der Waals surface area contributed by atoms with Crippen LogP contribution in [0.4, 0.5) is 17.1 Å². The van der Waals surface area contributed by atoms with Gasteiger partial charge in [0.05, 0.1) is 11.4 Å². The van der Waals surface area contributed by atoms with Gasteiger partial charge in [-0.25, -0.2) is 0 Å². The number of carbonyl (C=O) groups excluding carboxylic acids is 1. The molecule has 1 saturated heterocycles. The van der Waals surface area contributed by atoms with Gasteiger partial charge in [-0.3, -0.25) is 4.79 Å². The Balaban J connectivity index is 2.15. The Morgan fingerprint density at radius 2 is 2.05 bits per heavy atom. The van der Waals surface area contributed by atoms with Gasteiger partial charge in [-0.2, -0.15) is 0 Å². The van der Waals surface area contributed by atoms with Gasteiger partial charge in [0.1, 0.15) is 0 Å². The summed E-state index contributed by atoms with van der Waals surface area (Å²) in [5.41, 5.74) is 8.50. The molecule has 4 nitrogen and oxygen atoms in total. The van der Waals surface area contributed by atoms with Crippen LogP contribution in [-0.2, 0) is 4.79 Å². The minimum Gasteiger partial charge on any atom is -0.399 e. The molecule has 0 unspecified atom stereocenters. The third-order valence-electron chi connectivity index (χ3n) is 4.01. The van der Waals surface area contributed by atoms with E-state index in [1.807, 2.05) is 32.0 Å². The molecule has 1 amide bonds. The van der Waals surface area contributed by atoms with E-state index in [2.05, 4.69) is 17.1 Å². The maximum atomic E-state index is 12.1. The summed E-state index contributed by atoms with van der Waals surface area (Å²) in [6, 6.07) is 5.80. The lowest BCUT2D eigenvalue weighted by atomic mass is 9.98. The quantitative estimate of drug-likeness (QED) is 0.834.